The Bertz CT molecular complexity index is 770. The van der Waals surface area contributed by atoms with E-state index >= 15 is 0 Å². The number of nitrogens with zero attached hydrogens (tertiary/aromatic N) is 2. The molecule has 0 radical (unpaired) electrons. The highest BCUT2D eigenvalue weighted by molar-refractivity contribution is 6.03. The average molecular weight is 254 g/mol. The zero-order valence-electron chi connectivity index (χ0n) is 9.45. The van der Waals surface area contributed by atoms with Crippen molar-refractivity contribution in [1.29, 1.82) is 0 Å². The van der Waals surface area contributed by atoms with E-state index in [1.54, 1.807) is 18.2 Å². The second kappa shape index (κ2) is 5.06. The lowest BCUT2D eigenvalue weighted by molar-refractivity contribution is 0.0698. The number of carbonyl (C=O) groups is 1. The molecule has 92 valence electrons. The third kappa shape index (κ3) is 2.30. The molecule has 0 aliphatic carbocycles. The van der Waals surface area contributed by atoms with Gasteiger partial charge in [0.15, 0.2) is 0 Å². The Kier molecular flexibility index (Phi) is 3.30. The number of isocyanates is 2. The molecule has 0 aliphatic heterocycles. The van der Waals surface area contributed by atoms with Gasteiger partial charge in [0.25, 0.3) is 0 Å². The molecule has 1 N–H and O–H groups in total. The number of carboxylic acids is 1. The molecule has 0 aliphatic rings. The van der Waals surface area contributed by atoms with Crippen molar-refractivity contribution in [2.24, 2.45) is 9.98 Å². The van der Waals surface area contributed by atoms with Gasteiger partial charge in [-0.2, -0.15) is 9.98 Å². The number of aromatic carboxylic acids is 1. The summed E-state index contributed by atoms with van der Waals surface area (Å²) in [5, 5.41) is 10.1. The summed E-state index contributed by atoms with van der Waals surface area (Å²) in [4.78, 5) is 38.6. The van der Waals surface area contributed by atoms with E-state index in [2.05, 4.69) is 9.98 Å². The molecular formula is C13H6N2O4. The van der Waals surface area contributed by atoms with E-state index in [4.69, 9.17) is 5.11 Å². The van der Waals surface area contributed by atoms with E-state index in [1.165, 1.54) is 24.3 Å². The Balaban J connectivity index is 2.88. The number of rotatable bonds is 3. The first-order valence-electron chi connectivity index (χ1n) is 5.13. The lowest BCUT2D eigenvalue weighted by Crippen LogP contribution is -1.96. The van der Waals surface area contributed by atoms with Crippen LogP contribution in [0.2, 0.25) is 0 Å². The van der Waals surface area contributed by atoms with Crippen LogP contribution in [0.5, 0.6) is 0 Å². The van der Waals surface area contributed by atoms with Gasteiger partial charge in [-0.15, -0.1) is 0 Å². The van der Waals surface area contributed by atoms with Crippen LogP contribution in [-0.2, 0) is 9.59 Å². The van der Waals surface area contributed by atoms with Gasteiger partial charge in [0, 0.05) is 5.39 Å². The molecule has 6 nitrogen and oxygen atoms in total. The first kappa shape index (κ1) is 12.4. The number of benzene rings is 2. The zero-order valence-corrected chi connectivity index (χ0v) is 9.45. The van der Waals surface area contributed by atoms with Crippen molar-refractivity contribution in [2.45, 2.75) is 0 Å². The van der Waals surface area contributed by atoms with Crippen LogP contribution in [0.25, 0.3) is 10.8 Å². The van der Waals surface area contributed by atoms with E-state index in [1.807, 2.05) is 0 Å². The number of hydrogen-bond acceptors (Lipinski definition) is 5. The molecule has 0 unspecified atom stereocenters. The Morgan fingerprint density at radius 2 is 1.74 bits per heavy atom. The van der Waals surface area contributed by atoms with Crippen LogP contribution in [0, 0.1) is 0 Å². The van der Waals surface area contributed by atoms with Crippen molar-refractivity contribution >= 4 is 40.3 Å². The molecule has 2 aromatic carbocycles. The Labute approximate surface area is 106 Å². The van der Waals surface area contributed by atoms with Gasteiger partial charge in [0.2, 0.25) is 12.2 Å². The summed E-state index contributed by atoms with van der Waals surface area (Å²) in [5.74, 6) is -1.24. The molecule has 0 aromatic heterocycles. The van der Waals surface area contributed by atoms with Gasteiger partial charge in [0.05, 0.1) is 16.9 Å². The largest absolute Gasteiger partial charge is 0.478 e. The summed E-state index contributed by atoms with van der Waals surface area (Å²) >= 11 is 0. The van der Waals surface area contributed by atoms with E-state index < -0.39 is 5.97 Å². The first-order valence-corrected chi connectivity index (χ1v) is 5.13. The summed E-state index contributed by atoms with van der Waals surface area (Å²) in [6, 6.07) is 7.63. The smallest absolute Gasteiger partial charge is 0.337 e. The Morgan fingerprint density at radius 1 is 1.05 bits per heavy atom. The van der Waals surface area contributed by atoms with Crippen molar-refractivity contribution in [3.05, 3.63) is 35.9 Å². The Hall–Kier alpha value is -3.07. The monoisotopic (exact) mass is 254 g/mol. The molecule has 0 saturated carbocycles. The van der Waals surface area contributed by atoms with Crippen LogP contribution in [0.4, 0.5) is 11.4 Å². The Morgan fingerprint density at radius 3 is 2.37 bits per heavy atom. The molecule has 0 spiro atoms. The highest BCUT2D eigenvalue weighted by Gasteiger charge is 2.13. The van der Waals surface area contributed by atoms with Crippen molar-refractivity contribution in [1.82, 2.24) is 0 Å². The quantitative estimate of drug-likeness (QED) is 0.672. The van der Waals surface area contributed by atoms with Crippen molar-refractivity contribution in [3.8, 4) is 0 Å². The summed E-state index contributed by atoms with van der Waals surface area (Å²) in [6.07, 6.45) is 2.72. The number of carboxylic acid groups (broad SMARTS) is 1. The minimum atomic E-state index is -1.24. The minimum absolute atomic E-state index is 0.00207. The predicted molar refractivity (Wildman–Crippen MR) is 66.5 cm³/mol. The molecule has 0 fully saturated rings. The lowest BCUT2D eigenvalue weighted by Gasteiger charge is -2.05. The molecule has 0 bridgehead atoms. The fourth-order valence-corrected chi connectivity index (χ4v) is 1.76. The highest BCUT2D eigenvalue weighted by Crippen LogP contribution is 2.31. The zero-order chi connectivity index (χ0) is 13.8. The molecule has 2 rings (SSSR count). The lowest BCUT2D eigenvalue weighted by atomic mass is 10.0. The molecular weight excluding hydrogens is 248 g/mol. The third-order valence-electron chi connectivity index (χ3n) is 2.54. The van der Waals surface area contributed by atoms with Gasteiger partial charge < -0.3 is 5.11 Å². The van der Waals surface area contributed by atoms with Gasteiger partial charge >= 0.3 is 5.97 Å². The van der Waals surface area contributed by atoms with Crippen LogP contribution >= 0.6 is 0 Å². The van der Waals surface area contributed by atoms with Gasteiger partial charge in [-0.25, -0.2) is 14.4 Å². The van der Waals surface area contributed by atoms with Gasteiger partial charge in [-0.1, -0.05) is 12.1 Å². The SMILES string of the molecule is O=C=Nc1cc2cccc(N=C=O)c2cc1C(=O)O. The fraction of sp³-hybridized carbons (Fsp3) is 0. The number of hydrogen-bond donors (Lipinski definition) is 1. The number of carbonyl (C=O) groups excluding carboxylic acids is 2. The molecule has 19 heavy (non-hydrogen) atoms. The van der Waals surface area contributed by atoms with E-state index in [0.29, 0.717) is 16.5 Å². The van der Waals surface area contributed by atoms with Crippen LogP contribution in [0.3, 0.4) is 0 Å². The molecule has 6 heteroatoms. The predicted octanol–water partition coefficient (Wildman–Crippen LogP) is 2.47. The topological polar surface area (TPSA) is 96.2 Å². The average Bonchev–Trinajstić information content (AvgIpc) is 2.39. The molecule has 2 aromatic rings. The second-order valence-electron chi connectivity index (χ2n) is 3.58. The van der Waals surface area contributed by atoms with Crippen LogP contribution < -0.4 is 0 Å². The summed E-state index contributed by atoms with van der Waals surface area (Å²) < 4.78 is 0. The summed E-state index contributed by atoms with van der Waals surface area (Å²) in [5.41, 5.74) is 0.142. The van der Waals surface area contributed by atoms with Crippen LogP contribution in [-0.4, -0.2) is 23.2 Å². The van der Waals surface area contributed by atoms with E-state index in [-0.39, 0.29) is 11.3 Å². The van der Waals surface area contributed by atoms with Gasteiger partial charge in [-0.05, 0) is 23.6 Å². The summed E-state index contributed by atoms with van der Waals surface area (Å²) in [7, 11) is 0. The maximum Gasteiger partial charge on any atom is 0.337 e. The summed E-state index contributed by atoms with van der Waals surface area (Å²) in [6.45, 7) is 0. The van der Waals surface area contributed by atoms with Crippen molar-refractivity contribution < 1.29 is 19.5 Å². The minimum Gasteiger partial charge on any atom is -0.478 e. The molecule has 0 amide bonds. The standard InChI is InChI=1S/C13H6N2O4/c16-6-14-11-3-1-2-8-4-12(15-7-17)10(13(18)19)5-9(8)11/h1-5H,(H,18,19). The van der Waals surface area contributed by atoms with Crippen molar-refractivity contribution in [2.75, 3.05) is 0 Å². The number of aliphatic imine (C=N–C) groups is 2. The molecule has 0 saturated heterocycles. The maximum absolute atomic E-state index is 11.1. The van der Waals surface area contributed by atoms with Crippen molar-refractivity contribution in [3.63, 3.8) is 0 Å². The maximum atomic E-state index is 11.1. The second-order valence-corrected chi connectivity index (χ2v) is 3.58. The number of fused-ring (bicyclic) bond motifs is 1. The third-order valence-corrected chi connectivity index (χ3v) is 2.54. The molecule has 0 atom stereocenters. The van der Waals surface area contributed by atoms with Gasteiger partial charge in [-0.3, -0.25) is 0 Å². The fourth-order valence-electron chi connectivity index (χ4n) is 1.76. The molecule has 0 heterocycles. The van der Waals surface area contributed by atoms with Crippen LogP contribution in [0.15, 0.2) is 40.3 Å². The normalized spacial score (nSPS) is 9.47. The first-order chi connectivity index (χ1) is 9.17. The van der Waals surface area contributed by atoms with Crippen LogP contribution in [0.1, 0.15) is 10.4 Å². The van der Waals surface area contributed by atoms with E-state index in [0.717, 1.165) is 0 Å². The highest BCUT2D eigenvalue weighted by atomic mass is 16.4. The van der Waals surface area contributed by atoms with Gasteiger partial charge in [0.1, 0.15) is 0 Å². The van der Waals surface area contributed by atoms with E-state index in [9.17, 15) is 14.4 Å².